The van der Waals surface area contributed by atoms with Gasteiger partial charge in [0.15, 0.2) is 24.0 Å². The number of hydrogen-bond acceptors (Lipinski definition) is 4. The standard InChI is InChI=1S/C41H46N2O2/c1-23-11-24(2)16-31(15-23)35-37(33-19-27(5)13-28(6)20-33)44-39(42-35)41(9,10)40-43-36(32-17-25(3)12-26(4)18-32)38(45-40)34-21-29(7)14-30(8)22-34/h11-22,35-38H,1-10H3. The number of aryl methyl sites for hydroxylation is 8. The average molecular weight is 599 g/mol. The predicted octanol–water partition coefficient (Wildman–Crippen LogP) is 10.3. The molecule has 0 bridgehead atoms. The van der Waals surface area contributed by atoms with Crippen molar-refractivity contribution in [3.8, 4) is 0 Å². The van der Waals surface area contributed by atoms with Crippen molar-refractivity contribution >= 4 is 11.8 Å². The molecule has 4 heteroatoms. The van der Waals surface area contributed by atoms with E-state index in [1.165, 1.54) is 44.5 Å². The average Bonchev–Trinajstić information content (AvgIpc) is 3.58. The van der Waals surface area contributed by atoms with Crippen molar-refractivity contribution in [1.82, 2.24) is 0 Å². The van der Waals surface area contributed by atoms with Gasteiger partial charge in [0.05, 0.1) is 0 Å². The first-order chi connectivity index (χ1) is 21.3. The van der Waals surface area contributed by atoms with Gasteiger partial charge in [-0.25, -0.2) is 9.98 Å². The molecule has 2 heterocycles. The van der Waals surface area contributed by atoms with Crippen LogP contribution in [0.4, 0.5) is 0 Å². The highest BCUT2D eigenvalue weighted by Crippen LogP contribution is 2.48. The summed E-state index contributed by atoms with van der Waals surface area (Å²) in [6, 6.07) is 26.4. The first-order valence-corrected chi connectivity index (χ1v) is 16.1. The maximum absolute atomic E-state index is 6.93. The summed E-state index contributed by atoms with van der Waals surface area (Å²) < 4.78 is 13.9. The molecule has 0 saturated heterocycles. The lowest BCUT2D eigenvalue weighted by molar-refractivity contribution is 0.161. The summed E-state index contributed by atoms with van der Waals surface area (Å²) in [6.45, 7) is 21.4. The highest BCUT2D eigenvalue weighted by molar-refractivity contribution is 6.05. The monoisotopic (exact) mass is 598 g/mol. The van der Waals surface area contributed by atoms with Gasteiger partial charge < -0.3 is 9.47 Å². The Balaban J connectivity index is 1.44. The molecule has 0 aromatic heterocycles. The van der Waals surface area contributed by atoms with Crippen LogP contribution >= 0.6 is 0 Å². The summed E-state index contributed by atoms with van der Waals surface area (Å²) in [6.07, 6.45) is -0.488. The Morgan fingerprint density at radius 1 is 0.400 bits per heavy atom. The fraction of sp³-hybridized carbons (Fsp3) is 0.366. The minimum absolute atomic E-state index is 0.175. The fourth-order valence-corrected chi connectivity index (χ4v) is 7.24. The van der Waals surface area contributed by atoms with Crippen molar-refractivity contribution in [1.29, 1.82) is 0 Å². The van der Waals surface area contributed by atoms with E-state index >= 15 is 0 Å². The van der Waals surface area contributed by atoms with E-state index in [1.54, 1.807) is 0 Å². The molecule has 0 aliphatic carbocycles. The van der Waals surface area contributed by atoms with Crippen LogP contribution in [0.1, 0.15) is 105 Å². The molecular weight excluding hydrogens is 552 g/mol. The van der Waals surface area contributed by atoms with Gasteiger partial charge in [0, 0.05) is 0 Å². The van der Waals surface area contributed by atoms with E-state index in [0.29, 0.717) is 11.8 Å². The lowest BCUT2D eigenvalue weighted by Crippen LogP contribution is -2.34. The van der Waals surface area contributed by atoms with Gasteiger partial charge in [-0.05, 0) is 91.5 Å². The van der Waals surface area contributed by atoms with E-state index in [9.17, 15) is 0 Å². The van der Waals surface area contributed by atoms with Gasteiger partial charge in [-0.2, -0.15) is 0 Å². The molecule has 2 aliphatic heterocycles. The molecule has 0 amide bonds. The van der Waals surface area contributed by atoms with Crippen LogP contribution in [0.5, 0.6) is 0 Å². The molecule has 0 N–H and O–H groups in total. The van der Waals surface area contributed by atoms with Gasteiger partial charge in [-0.3, -0.25) is 0 Å². The summed E-state index contributed by atoms with van der Waals surface area (Å²) in [5.74, 6) is 1.32. The summed E-state index contributed by atoms with van der Waals surface area (Å²) >= 11 is 0. The Kier molecular flexibility index (Phi) is 7.97. The Morgan fingerprint density at radius 2 is 0.644 bits per heavy atom. The maximum Gasteiger partial charge on any atom is 0.200 e. The highest BCUT2D eigenvalue weighted by Gasteiger charge is 2.48. The third kappa shape index (κ3) is 6.20. The second kappa shape index (κ2) is 11.6. The molecule has 4 aromatic carbocycles. The predicted molar refractivity (Wildman–Crippen MR) is 185 cm³/mol. The summed E-state index contributed by atoms with van der Waals surface area (Å²) in [5, 5.41) is 0. The molecule has 0 saturated carbocycles. The smallest absolute Gasteiger partial charge is 0.200 e. The van der Waals surface area contributed by atoms with Gasteiger partial charge in [0.1, 0.15) is 17.5 Å². The van der Waals surface area contributed by atoms with Crippen LogP contribution in [0.15, 0.2) is 82.8 Å². The van der Waals surface area contributed by atoms with Crippen LogP contribution in [-0.2, 0) is 9.47 Å². The molecule has 2 aliphatic rings. The number of benzene rings is 4. The summed E-state index contributed by atoms with van der Waals surface area (Å²) in [4.78, 5) is 10.7. The number of ether oxygens (including phenoxy) is 2. The van der Waals surface area contributed by atoms with Gasteiger partial charge in [0.25, 0.3) is 0 Å². The van der Waals surface area contributed by atoms with Crippen LogP contribution in [0.3, 0.4) is 0 Å². The molecule has 232 valence electrons. The number of nitrogens with zero attached hydrogens (tertiary/aromatic N) is 2. The molecule has 6 rings (SSSR count). The van der Waals surface area contributed by atoms with Crippen molar-refractivity contribution in [2.24, 2.45) is 15.4 Å². The van der Waals surface area contributed by atoms with E-state index in [1.807, 2.05) is 0 Å². The van der Waals surface area contributed by atoms with Crippen LogP contribution < -0.4 is 0 Å². The van der Waals surface area contributed by atoms with E-state index in [2.05, 4.69) is 142 Å². The third-order valence-corrected chi connectivity index (χ3v) is 8.95. The number of rotatable bonds is 6. The summed E-state index contributed by atoms with van der Waals surface area (Å²) in [7, 11) is 0. The van der Waals surface area contributed by atoms with Crippen LogP contribution in [-0.4, -0.2) is 11.8 Å². The lowest BCUT2D eigenvalue weighted by atomic mass is 9.92. The Labute approximate surface area is 269 Å². The molecule has 4 unspecified atom stereocenters. The van der Waals surface area contributed by atoms with Crippen molar-refractivity contribution in [3.63, 3.8) is 0 Å². The van der Waals surface area contributed by atoms with Crippen molar-refractivity contribution in [2.45, 2.75) is 93.5 Å². The second-order valence-corrected chi connectivity index (χ2v) is 14.1. The van der Waals surface area contributed by atoms with Crippen LogP contribution in [0.25, 0.3) is 0 Å². The minimum atomic E-state index is -0.685. The molecule has 4 nitrogen and oxygen atoms in total. The van der Waals surface area contributed by atoms with E-state index < -0.39 is 5.41 Å². The largest absolute Gasteiger partial charge is 0.469 e. The lowest BCUT2D eigenvalue weighted by Gasteiger charge is -2.26. The summed E-state index contributed by atoms with van der Waals surface area (Å²) in [5.41, 5.74) is 13.7. The topological polar surface area (TPSA) is 43.2 Å². The molecule has 4 aromatic rings. The highest BCUT2D eigenvalue weighted by atomic mass is 16.5. The van der Waals surface area contributed by atoms with Crippen molar-refractivity contribution in [2.75, 3.05) is 0 Å². The molecule has 0 spiro atoms. The third-order valence-electron chi connectivity index (χ3n) is 8.95. The van der Waals surface area contributed by atoms with E-state index in [-0.39, 0.29) is 24.3 Å². The molecule has 45 heavy (non-hydrogen) atoms. The van der Waals surface area contributed by atoms with Gasteiger partial charge in [-0.1, -0.05) is 117 Å². The Morgan fingerprint density at radius 3 is 0.911 bits per heavy atom. The first kappa shape index (κ1) is 30.8. The van der Waals surface area contributed by atoms with Crippen molar-refractivity contribution in [3.05, 3.63) is 140 Å². The zero-order valence-electron chi connectivity index (χ0n) is 28.4. The normalized spacial score (nSPS) is 21.3. The van der Waals surface area contributed by atoms with Gasteiger partial charge in [-0.15, -0.1) is 0 Å². The molecule has 4 atom stereocenters. The minimum Gasteiger partial charge on any atom is -0.469 e. The fourth-order valence-electron chi connectivity index (χ4n) is 7.24. The van der Waals surface area contributed by atoms with E-state index in [4.69, 9.17) is 19.5 Å². The quantitative estimate of drug-likeness (QED) is 0.222. The second-order valence-electron chi connectivity index (χ2n) is 14.1. The van der Waals surface area contributed by atoms with Gasteiger partial charge in [0.2, 0.25) is 0 Å². The Bertz CT molecular complexity index is 1630. The number of hydrogen-bond donors (Lipinski definition) is 0. The first-order valence-electron chi connectivity index (χ1n) is 16.1. The van der Waals surface area contributed by atoms with Crippen LogP contribution in [0, 0.1) is 60.8 Å². The number of aliphatic imine (C=N–C) groups is 2. The van der Waals surface area contributed by atoms with E-state index in [0.717, 1.165) is 22.3 Å². The zero-order valence-corrected chi connectivity index (χ0v) is 28.4. The zero-order chi connectivity index (χ0) is 32.2. The molecule has 0 fully saturated rings. The van der Waals surface area contributed by atoms with Crippen molar-refractivity contribution < 1.29 is 9.47 Å². The van der Waals surface area contributed by atoms with Gasteiger partial charge >= 0.3 is 0 Å². The maximum atomic E-state index is 6.93. The molecule has 0 radical (unpaired) electrons. The molecular formula is C41H46N2O2. The van der Waals surface area contributed by atoms with Crippen LogP contribution in [0.2, 0.25) is 0 Å². The SMILES string of the molecule is Cc1cc(C)cc(C2N=C(C(C)(C)C3=NC(c4cc(C)cc(C)c4)C(c4cc(C)cc(C)c4)O3)OC2c2cc(C)cc(C)c2)c1. The Hall–Kier alpha value is -4.18.